The molecule has 1 aliphatic rings. The molecular weight excluding hydrogens is 336 g/mol. The molecule has 0 fully saturated rings. The molecule has 1 unspecified atom stereocenters. The van der Waals surface area contributed by atoms with E-state index in [0.717, 1.165) is 22.6 Å². The predicted molar refractivity (Wildman–Crippen MR) is 96.5 cm³/mol. The fourth-order valence-corrected chi connectivity index (χ4v) is 3.77. The van der Waals surface area contributed by atoms with Crippen molar-refractivity contribution in [3.05, 3.63) is 71.7 Å². The highest BCUT2D eigenvalue weighted by Crippen LogP contribution is 2.40. The number of ether oxygens (including phenoxy) is 1. The van der Waals surface area contributed by atoms with Crippen LogP contribution in [0.3, 0.4) is 0 Å². The van der Waals surface area contributed by atoms with Gasteiger partial charge in [0.1, 0.15) is 18.2 Å². The molecule has 1 aromatic carbocycles. The second-order valence-corrected chi connectivity index (χ2v) is 6.71. The van der Waals surface area contributed by atoms with Gasteiger partial charge in [-0.3, -0.25) is 14.9 Å². The SMILES string of the molecule is O=C1CSC(c2ccc(OCc3ccccn3)cc2)c2cn[nH]c2N1. The minimum atomic E-state index is -0.0201. The molecule has 0 aliphatic carbocycles. The van der Waals surface area contributed by atoms with E-state index in [9.17, 15) is 4.79 Å². The quantitative estimate of drug-likeness (QED) is 0.754. The highest BCUT2D eigenvalue weighted by atomic mass is 32.2. The van der Waals surface area contributed by atoms with Crippen molar-refractivity contribution in [2.24, 2.45) is 0 Å². The highest BCUT2D eigenvalue weighted by Gasteiger charge is 2.25. The number of aromatic nitrogens is 3. The Balaban J connectivity index is 1.50. The van der Waals surface area contributed by atoms with Crippen LogP contribution < -0.4 is 10.1 Å². The average molecular weight is 352 g/mol. The third-order valence-electron chi connectivity index (χ3n) is 3.89. The van der Waals surface area contributed by atoms with Crippen LogP contribution in [-0.4, -0.2) is 26.8 Å². The minimum absolute atomic E-state index is 0.0201. The molecule has 3 aromatic rings. The van der Waals surface area contributed by atoms with Crippen LogP contribution in [0.15, 0.2) is 54.9 Å². The number of benzene rings is 1. The van der Waals surface area contributed by atoms with Crippen LogP contribution in [0.2, 0.25) is 0 Å². The summed E-state index contributed by atoms with van der Waals surface area (Å²) in [6, 6.07) is 13.7. The fourth-order valence-electron chi connectivity index (χ4n) is 2.67. The van der Waals surface area contributed by atoms with Gasteiger partial charge in [-0.1, -0.05) is 18.2 Å². The van der Waals surface area contributed by atoms with Gasteiger partial charge in [-0.25, -0.2) is 0 Å². The van der Waals surface area contributed by atoms with E-state index in [2.05, 4.69) is 20.5 Å². The standard InChI is InChI=1S/C18H16N4O2S/c23-16-11-25-17(15-9-20-22-18(15)21-16)12-4-6-14(7-5-12)24-10-13-3-1-2-8-19-13/h1-9,17H,10-11H2,(H2,20,21,22,23). The average Bonchev–Trinajstić information content (AvgIpc) is 3.03. The number of nitrogens with zero attached hydrogens (tertiary/aromatic N) is 2. The third-order valence-corrected chi connectivity index (χ3v) is 5.18. The number of pyridine rings is 1. The number of fused-ring (bicyclic) bond motifs is 1. The molecule has 4 rings (SSSR count). The smallest absolute Gasteiger partial charge is 0.235 e. The van der Waals surface area contributed by atoms with Gasteiger partial charge in [0, 0.05) is 11.8 Å². The van der Waals surface area contributed by atoms with Crippen molar-refractivity contribution in [1.82, 2.24) is 15.2 Å². The molecule has 0 saturated heterocycles. The lowest BCUT2D eigenvalue weighted by molar-refractivity contribution is -0.113. The number of hydrogen-bond donors (Lipinski definition) is 2. The van der Waals surface area contributed by atoms with Gasteiger partial charge in [-0.2, -0.15) is 5.10 Å². The van der Waals surface area contributed by atoms with Gasteiger partial charge < -0.3 is 10.1 Å². The van der Waals surface area contributed by atoms with E-state index in [0.29, 0.717) is 18.2 Å². The highest BCUT2D eigenvalue weighted by molar-refractivity contribution is 8.00. The van der Waals surface area contributed by atoms with Crippen LogP contribution in [0.1, 0.15) is 22.1 Å². The third kappa shape index (κ3) is 3.51. The summed E-state index contributed by atoms with van der Waals surface area (Å²) >= 11 is 1.59. The molecule has 3 heterocycles. The molecule has 0 spiro atoms. The van der Waals surface area contributed by atoms with Gasteiger partial charge in [0.2, 0.25) is 5.91 Å². The lowest BCUT2D eigenvalue weighted by atomic mass is 10.1. The van der Waals surface area contributed by atoms with Crippen molar-refractivity contribution < 1.29 is 9.53 Å². The number of thioether (sulfide) groups is 1. The maximum absolute atomic E-state index is 11.8. The van der Waals surface area contributed by atoms with Crippen LogP contribution in [0, 0.1) is 0 Å². The first-order chi connectivity index (χ1) is 12.3. The van der Waals surface area contributed by atoms with Crippen LogP contribution in [-0.2, 0) is 11.4 Å². The van der Waals surface area contributed by atoms with Gasteiger partial charge in [0.25, 0.3) is 0 Å². The summed E-state index contributed by atoms with van der Waals surface area (Å²) in [5.74, 6) is 1.85. The van der Waals surface area contributed by atoms with E-state index in [1.165, 1.54) is 0 Å². The molecule has 1 atom stereocenters. The summed E-state index contributed by atoms with van der Waals surface area (Å²) in [4.78, 5) is 16.0. The molecule has 6 nitrogen and oxygen atoms in total. The molecule has 126 valence electrons. The number of H-pyrrole nitrogens is 1. The number of anilines is 1. The van der Waals surface area contributed by atoms with E-state index < -0.39 is 0 Å². The first-order valence-electron chi connectivity index (χ1n) is 7.87. The van der Waals surface area contributed by atoms with Crippen molar-refractivity contribution in [2.45, 2.75) is 11.9 Å². The van der Waals surface area contributed by atoms with E-state index in [4.69, 9.17) is 4.74 Å². The Bertz CT molecular complexity index is 864. The lowest BCUT2D eigenvalue weighted by Gasteiger charge is -2.14. The molecule has 1 aliphatic heterocycles. The molecule has 7 heteroatoms. The number of carbonyl (C=O) groups excluding carboxylic acids is 1. The summed E-state index contributed by atoms with van der Waals surface area (Å²) in [6.45, 7) is 0.433. The molecule has 0 saturated carbocycles. The molecule has 0 radical (unpaired) electrons. The van der Waals surface area contributed by atoms with Crippen LogP contribution in [0.4, 0.5) is 5.82 Å². The van der Waals surface area contributed by atoms with E-state index >= 15 is 0 Å². The van der Waals surface area contributed by atoms with Crippen molar-refractivity contribution in [2.75, 3.05) is 11.1 Å². The van der Waals surface area contributed by atoms with Crippen LogP contribution >= 0.6 is 11.8 Å². The van der Waals surface area contributed by atoms with Crippen molar-refractivity contribution in [3.8, 4) is 5.75 Å². The normalized spacial score (nSPS) is 16.6. The van der Waals surface area contributed by atoms with E-state index in [1.807, 2.05) is 42.5 Å². The summed E-state index contributed by atoms with van der Waals surface area (Å²) in [7, 11) is 0. The Morgan fingerprint density at radius 3 is 2.88 bits per heavy atom. The molecule has 0 bridgehead atoms. The van der Waals surface area contributed by atoms with E-state index in [1.54, 1.807) is 24.2 Å². The number of carbonyl (C=O) groups is 1. The van der Waals surface area contributed by atoms with E-state index in [-0.39, 0.29) is 11.2 Å². The molecular formula is C18H16N4O2S. The fraction of sp³-hybridized carbons (Fsp3) is 0.167. The van der Waals surface area contributed by atoms with Gasteiger partial charge >= 0.3 is 0 Å². The molecule has 2 N–H and O–H groups in total. The molecule has 25 heavy (non-hydrogen) atoms. The molecule has 1 amide bonds. The Morgan fingerprint density at radius 1 is 1.20 bits per heavy atom. The Morgan fingerprint density at radius 2 is 2.08 bits per heavy atom. The number of hydrogen-bond acceptors (Lipinski definition) is 5. The lowest BCUT2D eigenvalue weighted by Crippen LogP contribution is -2.12. The Labute approximate surface area is 149 Å². The monoisotopic (exact) mass is 352 g/mol. The van der Waals surface area contributed by atoms with Crippen LogP contribution in [0.25, 0.3) is 0 Å². The molecule has 2 aromatic heterocycles. The predicted octanol–water partition coefficient (Wildman–Crippen LogP) is 3.16. The summed E-state index contributed by atoms with van der Waals surface area (Å²) in [5, 5.41) is 9.80. The van der Waals surface area contributed by atoms with Gasteiger partial charge in [-0.15, -0.1) is 11.8 Å². The number of rotatable bonds is 4. The van der Waals surface area contributed by atoms with Crippen molar-refractivity contribution in [1.29, 1.82) is 0 Å². The Hall–Kier alpha value is -2.80. The van der Waals surface area contributed by atoms with Gasteiger partial charge in [0.15, 0.2) is 0 Å². The zero-order valence-electron chi connectivity index (χ0n) is 13.3. The second kappa shape index (κ2) is 6.98. The zero-order chi connectivity index (χ0) is 17.1. The van der Waals surface area contributed by atoms with Crippen molar-refractivity contribution in [3.63, 3.8) is 0 Å². The van der Waals surface area contributed by atoms with Gasteiger partial charge in [-0.05, 0) is 29.8 Å². The largest absolute Gasteiger partial charge is 0.487 e. The number of amides is 1. The Kier molecular flexibility index (Phi) is 4.39. The van der Waals surface area contributed by atoms with Crippen molar-refractivity contribution >= 4 is 23.5 Å². The summed E-state index contributed by atoms with van der Waals surface area (Å²) in [6.07, 6.45) is 3.52. The second-order valence-electron chi connectivity index (χ2n) is 5.62. The topological polar surface area (TPSA) is 79.9 Å². The summed E-state index contributed by atoms with van der Waals surface area (Å²) < 4.78 is 5.78. The summed E-state index contributed by atoms with van der Waals surface area (Å²) in [5.41, 5.74) is 2.98. The maximum Gasteiger partial charge on any atom is 0.235 e. The first kappa shape index (κ1) is 15.7. The number of aromatic amines is 1. The maximum atomic E-state index is 11.8. The first-order valence-corrected chi connectivity index (χ1v) is 8.92. The van der Waals surface area contributed by atoms with Crippen LogP contribution in [0.5, 0.6) is 5.75 Å². The zero-order valence-corrected chi connectivity index (χ0v) is 14.1. The van der Waals surface area contributed by atoms with Gasteiger partial charge in [0.05, 0.1) is 22.9 Å². The minimum Gasteiger partial charge on any atom is -0.487 e. The number of nitrogens with one attached hydrogen (secondary N) is 2.